The van der Waals surface area contributed by atoms with Gasteiger partial charge in [-0.05, 0) is 36.8 Å². The lowest BCUT2D eigenvalue weighted by atomic mass is 10.1. The standard InChI is InChI=1S/C16H16N2O3/c1-11-2-4-12(5-3-11)10-17-15(20)16(21)18-13-6-8-14(19)9-7-13/h2-9,19H,10H2,1H3,(H,17,20)(H,18,21). The molecule has 2 aromatic carbocycles. The smallest absolute Gasteiger partial charge is 0.313 e. The topological polar surface area (TPSA) is 78.4 Å². The number of benzene rings is 2. The first-order valence-corrected chi connectivity index (χ1v) is 6.48. The second kappa shape index (κ2) is 6.56. The number of hydrogen-bond acceptors (Lipinski definition) is 3. The number of amides is 2. The molecular weight excluding hydrogens is 268 g/mol. The molecule has 0 radical (unpaired) electrons. The van der Waals surface area contributed by atoms with Crippen LogP contribution in [-0.2, 0) is 16.1 Å². The van der Waals surface area contributed by atoms with Gasteiger partial charge in [0.05, 0.1) is 0 Å². The first-order valence-electron chi connectivity index (χ1n) is 6.48. The molecule has 0 aromatic heterocycles. The van der Waals surface area contributed by atoms with Gasteiger partial charge in [0.1, 0.15) is 5.75 Å². The van der Waals surface area contributed by atoms with E-state index in [0.717, 1.165) is 11.1 Å². The molecular formula is C16H16N2O3. The van der Waals surface area contributed by atoms with Crippen molar-refractivity contribution < 1.29 is 14.7 Å². The van der Waals surface area contributed by atoms with Crippen molar-refractivity contribution in [2.24, 2.45) is 0 Å². The Morgan fingerprint density at radius 2 is 1.57 bits per heavy atom. The number of carbonyl (C=O) groups is 2. The third kappa shape index (κ3) is 4.35. The van der Waals surface area contributed by atoms with Crippen LogP contribution in [0.3, 0.4) is 0 Å². The Balaban J connectivity index is 1.86. The molecule has 0 aliphatic heterocycles. The van der Waals surface area contributed by atoms with E-state index in [0.29, 0.717) is 12.2 Å². The van der Waals surface area contributed by atoms with Gasteiger partial charge in [-0.15, -0.1) is 0 Å². The molecule has 0 heterocycles. The lowest BCUT2D eigenvalue weighted by Crippen LogP contribution is -2.34. The lowest BCUT2D eigenvalue weighted by Gasteiger charge is -2.07. The quantitative estimate of drug-likeness (QED) is 0.595. The molecule has 21 heavy (non-hydrogen) atoms. The summed E-state index contributed by atoms with van der Waals surface area (Å²) in [6.07, 6.45) is 0. The van der Waals surface area contributed by atoms with Gasteiger partial charge < -0.3 is 15.7 Å². The fraction of sp³-hybridized carbons (Fsp3) is 0.125. The van der Waals surface area contributed by atoms with Gasteiger partial charge in [-0.1, -0.05) is 29.8 Å². The summed E-state index contributed by atoms with van der Waals surface area (Å²) in [4.78, 5) is 23.4. The molecule has 5 nitrogen and oxygen atoms in total. The molecule has 108 valence electrons. The van der Waals surface area contributed by atoms with Crippen molar-refractivity contribution >= 4 is 17.5 Å². The van der Waals surface area contributed by atoms with Gasteiger partial charge in [0, 0.05) is 12.2 Å². The molecule has 0 unspecified atom stereocenters. The van der Waals surface area contributed by atoms with Crippen molar-refractivity contribution in [1.29, 1.82) is 0 Å². The van der Waals surface area contributed by atoms with Gasteiger partial charge in [0.2, 0.25) is 0 Å². The highest BCUT2D eigenvalue weighted by molar-refractivity contribution is 6.39. The molecule has 0 aliphatic carbocycles. The van der Waals surface area contributed by atoms with Crippen LogP contribution in [-0.4, -0.2) is 16.9 Å². The summed E-state index contributed by atoms with van der Waals surface area (Å²) in [5.74, 6) is -1.35. The molecule has 0 fully saturated rings. The first-order chi connectivity index (χ1) is 10.0. The number of rotatable bonds is 3. The van der Waals surface area contributed by atoms with Crippen molar-refractivity contribution in [1.82, 2.24) is 5.32 Å². The van der Waals surface area contributed by atoms with Crippen LogP contribution in [0.25, 0.3) is 0 Å². The Labute approximate surface area is 122 Å². The summed E-state index contributed by atoms with van der Waals surface area (Å²) in [5.41, 5.74) is 2.50. The van der Waals surface area contributed by atoms with E-state index in [1.807, 2.05) is 31.2 Å². The molecule has 0 spiro atoms. The van der Waals surface area contributed by atoms with Crippen LogP contribution in [0.4, 0.5) is 5.69 Å². The first kappa shape index (κ1) is 14.6. The van der Waals surface area contributed by atoms with Gasteiger partial charge in [-0.25, -0.2) is 0 Å². The molecule has 0 atom stereocenters. The molecule has 3 N–H and O–H groups in total. The van der Waals surface area contributed by atoms with Gasteiger partial charge >= 0.3 is 11.8 Å². The monoisotopic (exact) mass is 284 g/mol. The average molecular weight is 284 g/mol. The minimum atomic E-state index is -0.743. The third-order valence-electron chi connectivity index (χ3n) is 2.91. The van der Waals surface area contributed by atoms with E-state index in [1.165, 1.54) is 24.3 Å². The fourth-order valence-electron chi connectivity index (χ4n) is 1.70. The largest absolute Gasteiger partial charge is 0.508 e. The van der Waals surface area contributed by atoms with Crippen LogP contribution >= 0.6 is 0 Å². The Morgan fingerprint density at radius 1 is 0.952 bits per heavy atom. The maximum Gasteiger partial charge on any atom is 0.313 e. The zero-order chi connectivity index (χ0) is 15.2. The summed E-state index contributed by atoms with van der Waals surface area (Å²) in [5, 5.41) is 14.1. The molecule has 0 bridgehead atoms. The van der Waals surface area contributed by atoms with Crippen molar-refractivity contribution in [3.05, 3.63) is 59.7 Å². The Bertz CT molecular complexity index is 634. The van der Waals surface area contributed by atoms with Crippen molar-refractivity contribution in [2.45, 2.75) is 13.5 Å². The number of hydrogen-bond donors (Lipinski definition) is 3. The fourth-order valence-corrected chi connectivity index (χ4v) is 1.70. The Kier molecular flexibility index (Phi) is 4.56. The molecule has 2 rings (SSSR count). The molecule has 0 saturated heterocycles. The van der Waals surface area contributed by atoms with Crippen LogP contribution in [0.5, 0.6) is 5.75 Å². The maximum atomic E-state index is 11.7. The van der Waals surface area contributed by atoms with Gasteiger partial charge in [-0.3, -0.25) is 9.59 Å². The van der Waals surface area contributed by atoms with Gasteiger partial charge in [0.25, 0.3) is 0 Å². The minimum absolute atomic E-state index is 0.0943. The summed E-state index contributed by atoms with van der Waals surface area (Å²) >= 11 is 0. The number of nitrogens with one attached hydrogen (secondary N) is 2. The number of aromatic hydroxyl groups is 1. The van der Waals surface area contributed by atoms with Crippen molar-refractivity contribution in [3.8, 4) is 5.75 Å². The highest BCUT2D eigenvalue weighted by atomic mass is 16.3. The normalized spacial score (nSPS) is 9.95. The highest BCUT2D eigenvalue weighted by Crippen LogP contribution is 2.13. The molecule has 0 aliphatic rings. The van der Waals surface area contributed by atoms with E-state index in [4.69, 9.17) is 5.11 Å². The van der Waals surface area contributed by atoms with E-state index in [1.54, 1.807) is 0 Å². The van der Waals surface area contributed by atoms with Crippen LogP contribution < -0.4 is 10.6 Å². The van der Waals surface area contributed by atoms with Crippen LogP contribution in [0.15, 0.2) is 48.5 Å². The van der Waals surface area contributed by atoms with Gasteiger partial charge in [-0.2, -0.15) is 0 Å². The Hall–Kier alpha value is -2.82. The van der Waals surface area contributed by atoms with Gasteiger partial charge in [0.15, 0.2) is 0 Å². The van der Waals surface area contributed by atoms with E-state index in [9.17, 15) is 9.59 Å². The lowest BCUT2D eigenvalue weighted by molar-refractivity contribution is -0.136. The van der Waals surface area contributed by atoms with E-state index >= 15 is 0 Å². The number of aryl methyl sites for hydroxylation is 1. The molecule has 5 heteroatoms. The zero-order valence-corrected chi connectivity index (χ0v) is 11.6. The number of anilines is 1. The molecule has 0 saturated carbocycles. The van der Waals surface area contributed by atoms with Crippen LogP contribution in [0.2, 0.25) is 0 Å². The highest BCUT2D eigenvalue weighted by Gasteiger charge is 2.13. The third-order valence-corrected chi connectivity index (χ3v) is 2.91. The van der Waals surface area contributed by atoms with Crippen LogP contribution in [0, 0.1) is 6.92 Å². The van der Waals surface area contributed by atoms with E-state index in [-0.39, 0.29) is 5.75 Å². The molecule has 2 aromatic rings. The maximum absolute atomic E-state index is 11.7. The minimum Gasteiger partial charge on any atom is -0.508 e. The SMILES string of the molecule is Cc1ccc(CNC(=O)C(=O)Nc2ccc(O)cc2)cc1. The summed E-state index contributed by atoms with van der Waals surface area (Å²) in [6.45, 7) is 2.27. The summed E-state index contributed by atoms with van der Waals surface area (Å²) in [7, 11) is 0. The molecule has 2 amide bonds. The van der Waals surface area contributed by atoms with Crippen molar-refractivity contribution in [3.63, 3.8) is 0 Å². The second-order valence-corrected chi connectivity index (χ2v) is 4.67. The Morgan fingerprint density at radius 3 is 2.19 bits per heavy atom. The predicted molar refractivity (Wildman–Crippen MR) is 79.8 cm³/mol. The average Bonchev–Trinajstić information content (AvgIpc) is 2.48. The summed E-state index contributed by atoms with van der Waals surface area (Å²) in [6, 6.07) is 13.6. The summed E-state index contributed by atoms with van der Waals surface area (Å²) < 4.78 is 0. The predicted octanol–water partition coefficient (Wildman–Crippen LogP) is 1.96. The zero-order valence-electron chi connectivity index (χ0n) is 11.6. The second-order valence-electron chi connectivity index (χ2n) is 4.67. The van der Waals surface area contributed by atoms with E-state index < -0.39 is 11.8 Å². The van der Waals surface area contributed by atoms with Crippen molar-refractivity contribution in [2.75, 3.05) is 5.32 Å². The van der Waals surface area contributed by atoms with Crippen LogP contribution in [0.1, 0.15) is 11.1 Å². The number of phenolic OH excluding ortho intramolecular Hbond substituents is 1. The number of phenols is 1. The van der Waals surface area contributed by atoms with E-state index in [2.05, 4.69) is 10.6 Å². The number of carbonyl (C=O) groups excluding carboxylic acids is 2.